The molecule has 0 saturated heterocycles. The first-order valence-corrected chi connectivity index (χ1v) is 11.0. The number of carbonyl (C=O) groups is 1. The van der Waals surface area contributed by atoms with E-state index in [2.05, 4.69) is 5.32 Å². The number of fused-ring (bicyclic) bond motifs is 3. The maximum Gasteiger partial charge on any atom is 0.309 e. The van der Waals surface area contributed by atoms with Crippen molar-refractivity contribution >= 4 is 21.3 Å². The third-order valence-electron chi connectivity index (χ3n) is 5.42. The van der Waals surface area contributed by atoms with Crippen molar-refractivity contribution in [2.75, 3.05) is 5.88 Å². The minimum atomic E-state index is -3.57. The van der Waals surface area contributed by atoms with Gasteiger partial charge in [-0.15, -0.1) is 0 Å². The van der Waals surface area contributed by atoms with E-state index >= 15 is 0 Å². The maximum absolute atomic E-state index is 13.1. The monoisotopic (exact) mass is 416 g/mol. The highest BCUT2D eigenvalue weighted by molar-refractivity contribution is 7.91. The highest BCUT2D eigenvalue weighted by Gasteiger charge is 2.27. The molecule has 0 radical (unpaired) electrons. The molecule has 1 unspecified atom stereocenters. The van der Waals surface area contributed by atoms with Crippen LogP contribution in [0.3, 0.4) is 0 Å². The lowest BCUT2D eigenvalue weighted by atomic mass is 9.88. The van der Waals surface area contributed by atoms with Crippen LogP contribution in [0.5, 0.6) is 0 Å². The number of aliphatic carboxylic acids is 1. The predicted molar refractivity (Wildman–Crippen MR) is 106 cm³/mol. The van der Waals surface area contributed by atoms with Gasteiger partial charge in [-0.25, -0.2) is 12.8 Å². The molecule has 0 amide bonds. The zero-order chi connectivity index (χ0) is 20.6. The van der Waals surface area contributed by atoms with Gasteiger partial charge in [-0.1, -0.05) is 6.07 Å². The van der Waals surface area contributed by atoms with Gasteiger partial charge in [-0.05, 0) is 66.8 Å². The van der Waals surface area contributed by atoms with Crippen molar-refractivity contribution in [2.45, 2.75) is 36.6 Å². The molecular formula is C21H21FN2O4S. The summed E-state index contributed by atoms with van der Waals surface area (Å²) in [6, 6.07) is 10.5. The highest BCUT2D eigenvalue weighted by Crippen LogP contribution is 2.31. The lowest BCUT2D eigenvalue weighted by Gasteiger charge is -2.24. The smallest absolute Gasteiger partial charge is 0.309 e. The number of halogens is 1. The molecule has 152 valence electrons. The number of sulfone groups is 1. The van der Waals surface area contributed by atoms with Gasteiger partial charge in [-0.2, -0.15) is 0 Å². The molecule has 8 heteroatoms. The molecule has 0 saturated carbocycles. The van der Waals surface area contributed by atoms with Gasteiger partial charge >= 0.3 is 5.97 Å². The van der Waals surface area contributed by atoms with Gasteiger partial charge in [0.2, 0.25) is 0 Å². The third kappa shape index (κ3) is 3.90. The van der Waals surface area contributed by atoms with Crippen molar-refractivity contribution in [1.29, 1.82) is 0 Å². The summed E-state index contributed by atoms with van der Waals surface area (Å²) in [5, 5.41) is 12.4. The lowest BCUT2D eigenvalue weighted by molar-refractivity contribution is -0.136. The third-order valence-corrected chi connectivity index (χ3v) is 6.96. The number of carboxylic acid groups (broad SMARTS) is 1. The first-order chi connectivity index (χ1) is 13.8. The van der Waals surface area contributed by atoms with E-state index in [1.807, 2.05) is 28.8 Å². The Morgan fingerprint density at radius 1 is 1.17 bits per heavy atom. The SMILES string of the molecule is O=C(O)Cc1c2c(c3ccccn13)CC(NCS(=O)(=O)c1ccc(F)cc1)CC2. The highest BCUT2D eigenvalue weighted by atomic mass is 32.2. The van der Waals surface area contributed by atoms with Crippen LogP contribution in [0, 0.1) is 5.82 Å². The van der Waals surface area contributed by atoms with E-state index in [-0.39, 0.29) is 23.2 Å². The van der Waals surface area contributed by atoms with E-state index in [9.17, 15) is 22.7 Å². The molecule has 4 rings (SSSR count). The van der Waals surface area contributed by atoms with Gasteiger partial charge in [0.25, 0.3) is 0 Å². The van der Waals surface area contributed by atoms with E-state index in [1.54, 1.807) is 0 Å². The average molecular weight is 416 g/mol. The van der Waals surface area contributed by atoms with Crippen LogP contribution < -0.4 is 5.32 Å². The van der Waals surface area contributed by atoms with Crippen LogP contribution in [0.2, 0.25) is 0 Å². The van der Waals surface area contributed by atoms with Gasteiger partial charge in [0.05, 0.1) is 11.3 Å². The summed E-state index contributed by atoms with van der Waals surface area (Å²) in [7, 11) is -3.57. The lowest BCUT2D eigenvalue weighted by Crippen LogP contribution is -2.37. The summed E-state index contributed by atoms with van der Waals surface area (Å²) in [6.07, 6.45) is 3.86. The molecular weight excluding hydrogens is 395 g/mol. The Labute approximate surface area is 167 Å². The molecule has 1 aromatic carbocycles. The van der Waals surface area contributed by atoms with Crippen molar-refractivity contribution in [3.05, 3.63) is 71.3 Å². The molecule has 2 N–H and O–H groups in total. The molecule has 2 heterocycles. The maximum atomic E-state index is 13.1. The van der Waals surface area contributed by atoms with Crippen LogP contribution in [0.4, 0.5) is 4.39 Å². The zero-order valence-corrected chi connectivity index (χ0v) is 16.5. The van der Waals surface area contributed by atoms with Crippen LogP contribution in [0.25, 0.3) is 5.52 Å². The van der Waals surface area contributed by atoms with Crippen LogP contribution in [0.1, 0.15) is 23.2 Å². The zero-order valence-electron chi connectivity index (χ0n) is 15.6. The Morgan fingerprint density at radius 3 is 2.66 bits per heavy atom. The van der Waals surface area contributed by atoms with Crippen LogP contribution >= 0.6 is 0 Å². The number of rotatable bonds is 6. The Bertz CT molecular complexity index is 1170. The summed E-state index contributed by atoms with van der Waals surface area (Å²) >= 11 is 0. The first kappa shape index (κ1) is 19.6. The summed E-state index contributed by atoms with van der Waals surface area (Å²) in [5.41, 5.74) is 3.88. The van der Waals surface area contributed by atoms with Crippen molar-refractivity contribution in [2.24, 2.45) is 0 Å². The number of nitrogens with one attached hydrogen (secondary N) is 1. The molecule has 2 aromatic heterocycles. The number of hydrogen-bond donors (Lipinski definition) is 2. The Hall–Kier alpha value is -2.71. The van der Waals surface area contributed by atoms with Crippen molar-refractivity contribution in [3.63, 3.8) is 0 Å². The number of pyridine rings is 1. The van der Waals surface area contributed by atoms with Gasteiger partial charge in [0.1, 0.15) is 11.7 Å². The summed E-state index contributed by atoms with van der Waals surface area (Å²) in [6.45, 7) is 0. The molecule has 1 aliphatic carbocycles. The summed E-state index contributed by atoms with van der Waals surface area (Å²) in [4.78, 5) is 11.4. The average Bonchev–Trinajstić information content (AvgIpc) is 3.00. The molecule has 0 spiro atoms. The topological polar surface area (TPSA) is 87.9 Å². The number of hydrogen-bond acceptors (Lipinski definition) is 4. The van der Waals surface area contributed by atoms with E-state index < -0.39 is 21.6 Å². The second kappa shape index (κ2) is 7.61. The van der Waals surface area contributed by atoms with Crippen molar-refractivity contribution < 1.29 is 22.7 Å². The fourth-order valence-electron chi connectivity index (χ4n) is 4.05. The van der Waals surface area contributed by atoms with Gasteiger partial charge in [0, 0.05) is 23.4 Å². The number of benzene rings is 1. The summed E-state index contributed by atoms with van der Waals surface area (Å²) in [5.74, 6) is -1.58. The van der Waals surface area contributed by atoms with E-state index in [1.165, 1.54) is 12.1 Å². The molecule has 29 heavy (non-hydrogen) atoms. The second-order valence-electron chi connectivity index (χ2n) is 7.29. The van der Waals surface area contributed by atoms with E-state index in [4.69, 9.17) is 0 Å². The molecule has 1 atom stereocenters. The van der Waals surface area contributed by atoms with Gasteiger partial charge < -0.3 is 14.8 Å². The normalized spacial score (nSPS) is 16.7. The molecule has 0 fully saturated rings. The van der Waals surface area contributed by atoms with E-state index in [0.717, 1.165) is 40.9 Å². The minimum absolute atomic E-state index is 0.0400. The van der Waals surface area contributed by atoms with Crippen molar-refractivity contribution in [3.8, 4) is 0 Å². The largest absolute Gasteiger partial charge is 0.481 e. The molecule has 1 aliphatic rings. The van der Waals surface area contributed by atoms with Crippen molar-refractivity contribution in [1.82, 2.24) is 9.72 Å². The van der Waals surface area contributed by atoms with E-state index in [0.29, 0.717) is 12.8 Å². The fourth-order valence-corrected chi connectivity index (χ4v) is 5.22. The van der Waals surface area contributed by atoms with Crippen LogP contribution in [-0.4, -0.2) is 35.8 Å². The van der Waals surface area contributed by atoms with Crippen LogP contribution in [0.15, 0.2) is 53.6 Å². The Morgan fingerprint density at radius 2 is 1.93 bits per heavy atom. The van der Waals surface area contributed by atoms with Gasteiger partial charge in [-0.3, -0.25) is 4.79 Å². The minimum Gasteiger partial charge on any atom is -0.481 e. The second-order valence-corrected chi connectivity index (χ2v) is 9.28. The summed E-state index contributed by atoms with van der Waals surface area (Å²) < 4.78 is 40.0. The predicted octanol–water partition coefficient (Wildman–Crippen LogP) is 2.58. The van der Waals surface area contributed by atoms with Gasteiger partial charge in [0.15, 0.2) is 9.84 Å². The number of aromatic nitrogens is 1. The Balaban J connectivity index is 1.55. The molecule has 0 aliphatic heterocycles. The standard InChI is InChI=1S/C21H21FN2O4S/c22-14-4-7-16(8-5-14)29(27,28)13-23-15-6-9-17-18(11-15)19-3-1-2-10-24(19)20(17)12-21(25)26/h1-5,7-8,10,15,23H,6,9,11-13H2,(H,25,26). The Kier molecular flexibility index (Phi) is 5.14. The first-order valence-electron chi connectivity index (χ1n) is 9.38. The number of carboxylic acids is 1. The quantitative estimate of drug-likeness (QED) is 0.603. The molecule has 0 bridgehead atoms. The number of nitrogens with zero attached hydrogens (tertiary/aromatic N) is 1. The molecule has 3 aromatic rings. The fraction of sp³-hybridized carbons (Fsp3) is 0.286. The van der Waals surface area contributed by atoms with Crippen LogP contribution in [-0.2, 0) is 33.9 Å². The molecule has 6 nitrogen and oxygen atoms in total.